The van der Waals surface area contributed by atoms with Crippen LogP contribution >= 0.6 is 0 Å². The topological polar surface area (TPSA) is 23.6 Å². The van der Waals surface area contributed by atoms with Crippen LogP contribution in [-0.4, -0.2) is 42.4 Å². The van der Waals surface area contributed by atoms with Crippen LogP contribution in [-0.2, 0) is 10.2 Å². The van der Waals surface area contributed by atoms with E-state index in [1.807, 2.05) is 11.9 Å². The van der Waals surface area contributed by atoms with Crippen molar-refractivity contribution in [3.63, 3.8) is 0 Å². The molecule has 1 saturated heterocycles. The van der Waals surface area contributed by atoms with Gasteiger partial charge in [0.2, 0.25) is 5.91 Å². The van der Waals surface area contributed by atoms with Gasteiger partial charge in [-0.15, -0.1) is 0 Å². The number of hydrogen-bond donors (Lipinski definition) is 0. The summed E-state index contributed by atoms with van der Waals surface area (Å²) in [6, 6.07) is 9.15. The minimum Gasteiger partial charge on any atom is -0.339 e. The Bertz CT molecular complexity index is 638. The van der Waals surface area contributed by atoms with Crippen LogP contribution in [0.1, 0.15) is 77.0 Å². The van der Waals surface area contributed by atoms with Crippen LogP contribution in [0.4, 0.5) is 0 Å². The maximum Gasteiger partial charge on any atom is 0.219 e. The predicted molar refractivity (Wildman–Crippen MR) is 108 cm³/mol. The summed E-state index contributed by atoms with van der Waals surface area (Å²) >= 11 is 0. The zero-order valence-electron chi connectivity index (χ0n) is 17.3. The first kappa shape index (κ1) is 19.4. The molecule has 3 heteroatoms. The number of benzene rings is 1. The van der Waals surface area contributed by atoms with E-state index in [1.54, 1.807) is 6.92 Å². The second-order valence-corrected chi connectivity index (χ2v) is 9.70. The minimum absolute atomic E-state index is 0.165. The molecule has 1 aliphatic heterocycles. The highest BCUT2D eigenvalue weighted by Gasteiger charge is 2.42. The number of piperidine rings is 1. The molecule has 0 aromatic heterocycles. The summed E-state index contributed by atoms with van der Waals surface area (Å²) in [6.45, 7) is 12.3. The maximum atomic E-state index is 11.9. The number of nitrogens with zero attached hydrogens (tertiary/aromatic N) is 2. The van der Waals surface area contributed by atoms with Crippen molar-refractivity contribution in [1.82, 2.24) is 9.80 Å². The van der Waals surface area contributed by atoms with Crippen LogP contribution in [0, 0.1) is 5.41 Å². The molecule has 1 fully saturated rings. The number of amides is 1. The molecular formula is C23H36N2O. The summed E-state index contributed by atoms with van der Waals surface area (Å²) in [5.41, 5.74) is 3.64. The average Bonchev–Trinajstić information content (AvgIpc) is 2.60. The van der Waals surface area contributed by atoms with Gasteiger partial charge in [-0.25, -0.2) is 0 Å². The number of carbonyl (C=O) groups excluding carboxylic acids is 1. The highest BCUT2D eigenvalue weighted by Crippen LogP contribution is 2.49. The molecule has 1 spiro atoms. The number of hydrogen-bond acceptors (Lipinski definition) is 2. The van der Waals surface area contributed by atoms with Gasteiger partial charge in [0.05, 0.1) is 6.04 Å². The molecule has 1 amide bonds. The average molecular weight is 357 g/mol. The van der Waals surface area contributed by atoms with E-state index in [1.165, 1.54) is 56.4 Å². The smallest absolute Gasteiger partial charge is 0.219 e. The molecule has 1 heterocycles. The third kappa shape index (κ3) is 3.98. The summed E-state index contributed by atoms with van der Waals surface area (Å²) in [5, 5.41) is 0. The van der Waals surface area contributed by atoms with Crippen molar-refractivity contribution >= 4 is 5.91 Å². The van der Waals surface area contributed by atoms with Crippen molar-refractivity contribution in [2.75, 3.05) is 26.7 Å². The van der Waals surface area contributed by atoms with Crippen molar-refractivity contribution < 1.29 is 4.79 Å². The van der Waals surface area contributed by atoms with Crippen molar-refractivity contribution in [3.05, 3.63) is 35.4 Å². The van der Waals surface area contributed by atoms with Crippen LogP contribution in [0.15, 0.2) is 24.3 Å². The van der Waals surface area contributed by atoms with Crippen LogP contribution in [0.2, 0.25) is 0 Å². The van der Waals surface area contributed by atoms with E-state index in [0.29, 0.717) is 10.8 Å². The maximum absolute atomic E-state index is 11.9. The molecule has 0 unspecified atom stereocenters. The molecule has 0 radical (unpaired) electrons. The molecule has 1 atom stereocenters. The molecule has 3 nitrogen and oxygen atoms in total. The van der Waals surface area contributed by atoms with Crippen LogP contribution in [0.25, 0.3) is 0 Å². The number of rotatable bonds is 3. The first-order valence-electron chi connectivity index (χ1n) is 10.3. The first-order valence-corrected chi connectivity index (χ1v) is 10.3. The Kier molecular flexibility index (Phi) is 5.48. The summed E-state index contributed by atoms with van der Waals surface area (Å²) in [4.78, 5) is 16.5. The van der Waals surface area contributed by atoms with Gasteiger partial charge in [-0.05, 0) is 73.7 Å². The number of carbonyl (C=O) groups is 1. The first-order chi connectivity index (χ1) is 12.2. The molecule has 0 N–H and O–H groups in total. The van der Waals surface area contributed by atoms with Gasteiger partial charge >= 0.3 is 0 Å². The van der Waals surface area contributed by atoms with E-state index >= 15 is 0 Å². The quantitative estimate of drug-likeness (QED) is 0.779. The van der Waals surface area contributed by atoms with Gasteiger partial charge < -0.3 is 9.80 Å². The molecule has 0 saturated carbocycles. The van der Waals surface area contributed by atoms with Gasteiger partial charge in [-0.3, -0.25) is 4.79 Å². The Morgan fingerprint density at radius 3 is 2.46 bits per heavy atom. The van der Waals surface area contributed by atoms with Crippen LogP contribution in [0.5, 0.6) is 0 Å². The van der Waals surface area contributed by atoms with E-state index in [9.17, 15) is 4.79 Å². The largest absolute Gasteiger partial charge is 0.339 e. The van der Waals surface area contributed by atoms with Crippen molar-refractivity contribution in [3.8, 4) is 0 Å². The highest BCUT2D eigenvalue weighted by atomic mass is 16.2. The summed E-state index contributed by atoms with van der Waals surface area (Å²) in [5.74, 6) is 0.165. The molecule has 1 aliphatic carbocycles. The van der Waals surface area contributed by atoms with Crippen molar-refractivity contribution in [2.45, 2.75) is 71.3 Å². The van der Waals surface area contributed by atoms with Gasteiger partial charge in [-0.1, -0.05) is 45.0 Å². The summed E-state index contributed by atoms with van der Waals surface area (Å²) < 4.78 is 0. The molecule has 26 heavy (non-hydrogen) atoms. The fourth-order valence-electron chi connectivity index (χ4n) is 4.81. The number of fused-ring (bicyclic) bond motifs is 2. The Labute approximate surface area is 159 Å². The molecule has 3 rings (SSSR count). The lowest BCUT2D eigenvalue weighted by Crippen LogP contribution is -2.46. The lowest BCUT2D eigenvalue weighted by atomic mass is 9.63. The Morgan fingerprint density at radius 1 is 1.19 bits per heavy atom. The van der Waals surface area contributed by atoms with Gasteiger partial charge in [0, 0.05) is 14.0 Å². The summed E-state index contributed by atoms with van der Waals surface area (Å²) in [6.07, 6.45) is 6.08. The molecular weight excluding hydrogens is 320 g/mol. The van der Waals surface area contributed by atoms with Crippen molar-refractivity contribution in [1.29, 1.82) is 0 Å². The third-order valence-corrected chi connectivity index (χ3v) is 6.74. The monoisotopic (exact) mass is 356 g/mol. The van der Waals surface area contributed by atoms with Gasteiger partial charge in [0.25, 0.3) is 0 Å². The fourth-order valence-corrected chi connectivity index (χ4v) is 4.81. The molecule has 0 bridgehead atoms. The number of likely N-dealkylation sites (tertiary alicyclic amines) is 1. The van der Waals surface area contributed by atoms with E-state index < -0.39 is 0 Å². The molecule has 2 aliphatic rings. The van der Waals surface area contributed by atoms with Crippen molar-refractivity contribution in [2.24, 2.45) is 5.41 Å². The Hall–Kier alpha value is -1.35. The standard InChI is InChI=1S/C23H36N2O/c1-18(26)24(5)21-10-11-23(20-9-7-6-8-19(20)21)13-16-25(17-14-23)15-12-22(2,3)4/h6-9,21H,10-17H2,1-5H3/t21-/m0/s1. The highest BCUT2D eigenvalue weighted by molar-refractivity contribution is 5.73. The SMILES string of the molecule is CC(=O)N(C)[C@H]1CCC2(CCN(CCC(C)(C)C)CC2)c2ccccc21. The van der Waals surface area contributed by atoms with Gasteiger partial charge in [0.15, 0.2) is 0 Å². The second-order valence-electron chi connectivity index (χ2n) is 9.70. The van der Waals surface area contributed by atoms with E-state index in [-0.39, 0.29) is 11.9 Å². The summed E-state index contributed by atoms with van der Waals surface area (Å²) in [7, 11) is 1.96. The fraction of sp³-hybridized carbons (Fsp3) is 0.696. The van der Waals surface area contributed by atoms with Gasteiger partial charge in [-0.2, -0.15) is 0 Å². The zero-order valence-corrected chi connectivity index (χ0v) is 17.3. The Morgan fingerprint density at radius 2 is 1.85 bits per heavy atom. The molecule has 144 valence electrons. The van der Waals surface area contributed by atoms with E-state index in [0.717, 1.165) is 6.42 Å². The minimum atomic E-state index is 0.165. The van der Waals surface area contributed by atoms with E-state index in [2.05, 4.69) is 49.9 Å². The lowest BCUT2D eigenvalue weighted by Gasteiger charge is -2.48. The molecule has 1 aromatic rings. The normalized spacial score (nSPS) is 22.9. The van der Waals surface area contributed by atoms with E-state index in [4.69, 9.17) is 0 Å². The third-order valence-electron chi connectivity index (χ3n) is 6.74. The predicted octanol–water partition coefficient (Wildman–Crippen LogP) is 4.77. The molecule has 1 aromatic carbocycles. The van der Waals surface area contributed by atoms with Gasteiger partial charge in [0.1, 0.15) is 0 Å². The lowest BCUT2D eigenvalue weighted by molar-refractivity contribution is -0.130. The zero-order chi connectivity index (χ0) is 18.9. The Balaban J connectivity index is 1.75. The second kappa shape index (κ2) is 7.34. The van der Waals surface area contributed by atoms with Crippen LogP contribution < -0.4 is 0 Å². The van der Waals surface area contributed by atoms with Crippen LogP contribution in [0.3, 0.4) is 0 Å².